The molecule has 4 aliphatic rings. The van der Waals surface area contributed by atoms with Crippen LogP contribution in [-0.4, -0.2) is 0 Å². The van der Waals surface area contributed by atoms with Crippen molar-refractivity contribution in [1.29, 1.82) is 0 Å². The van der Waals surface area contributed by atoms with Crippen LogP contribution in [0, 0.1) is 0 Å². The predicted octanol–water partition coefficient (Wildman–Crippen LogP) is 19.1. The van der Waals surface area contributed by atoms with E-state index in [1.54, 1.807) is 0 Å². The third kappa shape index (κ3) is 6.58. The van der Waals surface area contributed by atoms with Gasteiger partial charge in [-0.25, -0.2) is 0 Å². The molecule has 66 heavy (non-hydrogen) atoms. The maximum atomic E-state index is 7.10. The minimum Gasteiger partial charge on any atom is -0.309 e. The molecule has 0 radical (unpaired) electrons. The summed E-state index contributed by atoms with van der Waals surface area (Å²) in [7, 11) is 0. The van der Waals surface area contributed by atoms with Gasteiger partial charge in [0.2, 0.25) is 0 Å². The van der Waals surface area contributed by atoms with Crippen LogP contribution >= 0.6 is 46.4 Å². The molecule has 8 aromatic rings. The highest BCUT2D eigenvalue weighted by atomic mass is 35.5. The Morgan fingerprint density at radius 2 is 0.894 bits per heavy atom. The molecule has 2 nitrogen and oxygen atoms in total. The van der Waals surface area contributed by atoms with E-state index in [1.165, 1.54) is 82.2 Å². The van der Waals surface area contributed by atoms with Crippen LogP contribution in [0.25, 0.3) is 22.3 Å². The molecule has 2 saturated carbocycles. The molecule has 0 aromatic heterocycles. The van der Waals surface area contributed by atoms with Crippen LogP contribution in [0.15, 0.2) is 176 Å². The molecular formula is C60H48Cl4N2. The number of anilines is 6. The van der Waals surface area contributed by atoms with Gasteiger partial charge in [0.1, 0.15) is 0 Å². The van der Waals surface area contributed by atoms with E-state index in [0.717, 1.165) is 59.8 Å². The maximum Gasteiger partial charge on any atom is 0.0832 e. The highest BCUT2D eigenvalue weighted by Crippen LogP contribution is 2.61. The quantitative estimate of drug-likeness (QED) is 0.157. The SMILES string of the molecule is Clc1cccc(N(c2ccc(C3CCC4(CC3)c3ccccc3-c3c(N(c5ccccc5)c5cccc(Cl)c5Cl)cccc34)cc2)c2ccc3c(c2)-c2ccccc2C32CCCCC2)c1Cl. The molecule has 0 unspecified atom stereocenters. The molecule has 0 aliphatic heterocycles. The third-order valence-electron chi connectivity index (χ3n) is 15.5. The molecule has 326 valence electrons. The fourth-order valence-electron chi connectivity index (χ4n) is 12.6. The van der Waals surface area contributed by atoms with Gasteiger partial charge in [-0.15, -0.1) is 0 Å². The monoisotopic (exact) mass is 936 g/mol. The zero-order chi connectivity index (χ0) is 44.6. The molecule has 4 aliphatic carbocycles. The number of halogens is 4. The first-order chi connectivity index (χ1) is 32.4. The molecule has 0 saturated heterocycles. The molecular weight excluding hydrogens is 890 g/mol. The van der Waals surface area contributed by atoms with Crippen molar-refractivity contribution >= 4 is 80.5 Å². The van der Waals surface area contributed by atoms with E-state index in [0.29, 0.717) is 26.0 Å². The fourth-order valence-corrected chi connectivity index (χ4v) is 13.3. The summed E-state index contributed by atoms with van der Waals surface area (Å²) >= 11 is 27.6. The molecule has 6 heteroatoms. The third-order valence-corrected chi connectivity index (χ3v) is 17.2. The number of benzene rings is 8. The van der Waals surface area contributed by atoms with Crippen molar-refractivity contribution in [3.05, 3.63) is 224 Å². The van der Waals surface area contributed by atoms with Crippen LogP contribution in [0.4, 0.5) is 34.1 Å². The van der Waals surface area contributed by atoms with Gasteiger partial charge in [0.05, 0.1) is 37.2 Å². The first kappa shape index (κ1) is 41.9. The van der Waals surface area contributed by atoms with E-state index < -0.39 is 0 Å². The zero-order valence-corrected chi connectivity index (χ0v) is 39.6. The van der Waals surface area contributed by atoms with Crippen molar-refractivity contribution in [3.63, 3.8) is 0 Å². The van der Waals surface area contributed by atoms with Gasteiger partial charge in [0, 0.05) is 33.5 Å². The lowest BCUT2D eigenvalue weighted by atomic mass is 9.64. The van der Waals surface area contributed by atoms with Crippen molar-refractivity contribution in [2.45, 2.75) is 74.5 Å². The van der Waals surface area contributed by atoms with Crippen LogP contribution in [-0.2, 0) is 10.8 Å². The van der Waals surface area contributed by atoms with Crippen LogP contribution < -0.4 is 9.80 Å². The number of hydrogen-bond donors (Lipinski definition) is 0. The minimum atomic E-state index is -0.0959. The molecule has 2 spiro atoms. The maximum absolute atomic E-state index is 7.10. The Kier molecular flexibility index (Phi) is 10.6. The summed E-state index contributed by atoms with van der Waals surface area (Å²) in [5.41, 5.74) is 18.4. The van der Waals surface area contributed by atoms with Gasteiger partial charge in [-0.2, -0.15) is 0 Å². The van der Waals surface area contributed by atoms with Crippen molar-refractivity contribution in [2.24, 2.45) is 0 Å². The number of hydrogen-bond acceptors (Lipinski definition) is 2. The summed E-state index contributed by atoms with van der Waals surface area (Å²) in [5.74, 6) is 0.432. The van der Waals surface area contributed by atoms with E-state index in [9.17, 15) is 0 Å². The van der Waals surface area contributed by atoms with E-state index in [1.807, 2.05) is 24.3 Å². The summed E-state index contributed by atoms with van der Waals surface area (Å²) in [6, 6.07) is 63.7. The highest BCUT2D eigenvalue weighted by molar-refractivity contribution is 6.44. The summed E-state index contributed by atoms with van der Waals surface area (Å²) in [5, 5.41) is 2.17. The Balaban J connectivity index is 0.884. The number of fused-ring (bicyclic) bond motifs is 10. The Hall–Kier alpha value is -5.48. The minimum absolute atomic E-state index is 0.0959. The molecule has 8 aromatic carbocycles. The summed E-state index contributed by atoms with van der Waals surface area (Å²) < 4.78 is 0. The molecule has 0 bridgehead atoms. The average Bonchev–Trinajstić information content (AvgIpc) is 3.78. The Bertz CT molecular complexity index is 3150. The van der Waals surface area contributed by atoms with E-state index >= 15 is 0 Å². The molecule has 0 amide bonds. The van der Waals surface area contributed by atoms with Gasteiger partial charge >= 0.3 is 0 Å². The predicted molar refractivity (Wildman–Crippen MR) is 279 cm³/mol. The zero-order valence-electron chi connectivity index (χ0n) is 36.6. The van der Waals surface area contributed by atoms with Crippen LogP contribution in [0.3, 0.4) is 0 Å². The lowest BCUT2D eigenvalue weighted by Crippen LogP contribution is -2.30. The van der Waals surface area contributed by atoms with Crippen molar-refractivity contribution in [3.8, 4) is 22.3 Å². The van der Waals surface area contributed by atoms with E-state index in [4.69, 9.17) is 46.4 Å². The second-order valence-corrected chi connectivity index (χ2v) is 20.3. The molecule has 12 rings (SSSR count). The highest BCUT2D eigenvalue weighted by Gasteiger charge is 2.47. The Morgan fingerprint density at radius 1 is 0.379 bits per heavy atom. The fraction of sp³-hybridized carbons (Fsp3) is 0.200. The van der Waals surface area contributed by atoms with E-state index in [-0.39, 0.29) is 10.8 Å². The topological polar surface area (TPSA) is 6.48 Å². The van der Waals surface area contributed by atoms with E-state index in [2.05, 4.69) is 161 Å². The van der Waals surface area contributed by atoms with Crippen LogP contribution in [0.1, 0.15) is 91.5 Å². The number of rotatable bonds is 7. The smallest absolute Gasteiger partial charge is 0.0832 e. The summed E-state index contributed by atoms with van der Waals surface area (Å²) in [6.07, 6.45) is 10.5. The molecule has 0 atom stereocenters. The van der Waals surface area contributed by atoms with Crippen LogP contribution in [0.2, 0.25) is 20.1 Å². The average molecular weight is 939 g/mol. The summed E-state index contributed by atoms with van der Waals surface area (Å²) in [4.78, 5) is 4.58. The second kappa shape index (κ2) is 16.7. The molecule has 0 heterocycles. The molecule has 0 N–H and O–H groups in total. The van der Waals surface area contributed by atoms with Crippen molar-refractivity contribution < 1.29 is 0 Å². The van der Waals surface area contributed by atoms with Crippen molar-refractivity contribution in [2.75, 3.05) is 9.80 Å². The second-order valence-electron chi connectivity index (χ2n) is 18.8. The summed E-state index contributed by atoms with van der Waals surface area (Å²) in [6.45, 7) is 0. The van der Waals surface area contributed by atoms with Gasteiger partial charge < -0.3 is 9.80 Å². The first-order valence-electron chi connectivity index (χ1n) is 23.5. The van der Waals surface area contributed by atoms with Crippen LogP contribution in [0.5, 0.6) is 0 Å². The van der Waals surface area contributed by atoms with Gasteiger partial charge in [-0.05, 0) is 156 Å². The largest absolute Gasteiger partial charge is 0.309 e. The van der Waals surface area contributed by atoms with Gasteiger partial charge in [0.25, 0.3) is 0 Å². The first-order valence-corrected chi connectivity index (χ1v) is 25.0. The van der Waals surface area contributed by atoms with Crippen molar-refractivity contribution in [1.82, 2.24) is 0 Å². The number of nitrogens with zero attached hydrogens (tertiary/aromatic N) is 2. The number of para-hydroxylation sites is 1. The Morgan fingerprint density at radius 3 is 1.59 bits per heavy atom. The lowest BCUT2D eigenvalue weighted by Gasteiger charge is -2.40. The Labute approximate surface area is 408 Å². The van der Waals surface area contributed by atoms with Gasteiger partial charge in [0.15, 0.2) is 0 Å². The normalized spacial score (nSPS) is 18.7. The van der Waals surface area contributed by atoms with Gasteiger partial charge in [-0.3, -0.25) is 0 Å². The lowest BCUT2D eigenvalue weighted by molar-refractivity contribution is 0.320. The molecule has 2 fully saturated rings. The van der Waals surface area contributed by atoms with Gasteiger partial charge in [-0.1, -0.05) is 175 Å². The standard InChI is InChI=1S/C60H48Cl4N2/c61-51-21-12-24-54(57(51)63)65(43-30-31-49-46(38-43)44-16-5-7-18-47(44)59(49)34-9-2-10-35-59)42-28-26-39(27-29-42)40-32-36-60(37-33-40)48-19-8-6-17-45(48)56-50(60)20-11-23-53(56)66(41-14-3-1-4-15-41)55-25-13-22-52(62)58(55)64/h1,3-8,11-31,38,40H,2,9-10,32-37H2.